The first-order valence-corrected chi connectivity index (χ1v) is 17.7. The molecule has 16 heavy (non-hydrogen) atoms. The molecule has 0 bridgehead atoms. The molecule has 0 amide bonds. The first-order valence-electron chi connectivity index (χ1n) is 4.58. The van der Waals surface area contributed by atoms with Crippen molar-refractivity contribution in [2.75, 3.05) is 14.2 Å². The van der Waals surface area contributed by atoms with Gasteiger partial charge in [-0.2, -0.15) is 0 Å². The average molecular weight is 431 g/mol. The second-order valence-corrected chi connectivity index (χ2v) is 17.1. The molecule has 0 aliphatic carbocycles. The summed E-state index contributed by atoms with van der Waals surface area (Å²) in [5.41, 5.74) is 0. The van der Waals surface area contributed by atoms with Crippen LogP contribution in [0.25, 0.3) is 0 Å². The Balaban J connectivity index is 0. The fraction of sp³-hybridized carbons (Fsp3) is 0.750. The second-order valence-electron chi connectivity index (χ2n) is 2.68. The third-order valence-electron chi connectivity index (χ3n) is 1.48. The van der Waals surface area contributed by atoms with Crippen LogP contribution in [-0.2, 0) is 8.50 Å². The number of ether oxygens (including phenoxy) is 1. The van der Waals surface area contributed by atoms with Gasteiger partial charge in [-0.1, -0.05) is 0 Å². The van der Waals surface area contributed by atoms with E-state index in [2.05, 4.69) is 10.7 Å². The van der Waals surface area contributed by atoms with Crippen LogP contribution in [0.5, 0.6) is 0 Å². The van der Waals surface area contributed by atoms with Gasteiger partial charge >= 0.3 is 125 Å². The number of halogens is 4. The van der Waals surface area contributed by atoms with Gasteiger partial charge in [0.05, 0.1) is 0 Å². The molecule has 0 aliphatic heterocycles. The molecule has 0 aromatic carbocycles. The predicted octanol–water partition coefficient (Wildman–Crippen LogP) is 4.38. The Morgan fingerprint density at radius 2 is 1.69 bits per heavy atom. The van der Waals surface area contributed by atoms with E-state index in [-0.39, 0.29) is 0 Å². The molecule has 0 fully saturated rings. The summed E-state index contributed by atoms with van der Waals surface area (Å²) in [7, 11) is 25.2. The molecule has 0 heterocycles. The van der Waals surface area contributed by atoms with E-state index in [0.717, 1.165) is 12.8 Å². The van der Waals surface area contributed by atoms with Crippen LogP contribution in [0.15, 0.2) is 12.3 Å². The van der Waals surface area contributed by atoms with Crippen LogP contribution in [0.3, 0.4) is 0 Å². The van der Waals surface area contributed by atoms with Gasteiger partial charge in [0.25, 0.3) is 0 Å². The van der Waals surface area contributed by atoms with Gasteiger partial charge in [0, 0.05) is 0 Å². The molecule has 1 atom stereocenters. The summed E-state index contributed by atoms with van der Waals surface area (Å²) in [4.78, 5) is 0. The van der Waals surface area contributed by atoms with Gasteiger partial charge < -0.3 is 0 Å². The maximum absolute atomic E-state index is 5.88. The van der Waals surface area contributed by atoms with Crippen molar-refractivity contribution in [3.05, 3.63) is 12.3 Å². The molecule has 0 spiro atoms. The Hall–Kier alpha value is 1.75. The number of hydrogen-bond acceptors (Lipinski definition) is 2. The van der Waals surface area contributed by atoms with Crippen LogP contribution in [-0.4, -0.2) is 39.5 Å². The Bertz CT molecular complexity index is 170. The molecule has 2 nitrogen and oxygen atoms in total. The van der Waals surface area contributed by atoms with E-state index >= 15 is 0 Å². The fourth-order valence-electron chi connectivity index (χ4n) is 0.762. The molecule has 0 aromatic rings. The van der Waals surface area contributed by atoms with Gasteiger partial charge in [-0.15, -0.1) is 0 Å². The van der Waals surface area contributed by atoms with Crippen LogP contribution >= 0.6 is 40.0 Å². The quantitative estimate of drug-likeness (QED) is 0.459. The van der Waals surface area contributed by atoms with Gasteiger partial charge in [0.15, 0.2) is 0 Å². The monoisotopic (exact) mass is 432 g/mol. The summed E-state index contributed by atoms with van der Waals surface area (Å²) in [6.07, 6.45) is 5.83. The average Bonchev–Trinajstić information content (AvgIpc) is 2.24. The SMILES string of the molecule is CCC[CH](/C=C\OC)[Ge]([Cl])[Cl].C[O][Ge]([Cl])[Cl]. The molecule has 0 rings (SSSR count). The normalized spacial score (nSPS) is 12.8. The van der Waals surface area contributed by atoms with Crippen molar-refractivity contribution in [1.82, 2.24) is 0 Å². The van der Waals surface area contributed by atoms with E-state index in [4.69, 9.17) is 44.8 Å². The van der Waals surface area contributed by atoms with Crippen molar-refractivity contribution >= 4 is 65.4 Å². The van der Waals surface area contributed by atoms with Crippen LogP contribution in [0, 0.1) is 0 Å². The molecule has 2 radical (unpaired) electrons. The first kappa shape index (κ1) is 20.1. The van der Waals surface area contributed by atoms with Crippen molar-refractivity contribution in [3.8, 4) is 0 Å². The van der Waals surface area contributed by atoms with Gasteiger partial charge in [-0.05, 0) is 0 Å². The summed E-state index contributed by atoms with van der Waals surface area (Å²) >= 11 is -3.71. The first-order chi connectivity index (χ1) is 7.49. The molecule has 96 valence electrons. The maximum atomic E-state index is 5.88. The van der Waals surface area contributed by atoms with Gasteiger partial charge in [0.2, 0.25) is 0 Å². The van der Waals surface area contributed by atoms with Gasteiger partial charge in [-0.3, -0.25) is 0 Å². The third-order valence-corrected chi connectivity index (χ3v) is 8.83. The van der Waals surface area contributed by atoms with Crippen molar-refractivity contribution < 1.29 is 8.50 Å². The van der Waals surface area contributed by atoms with Crippen molar-refractivity contribution in [3.63, 3.8) is 0 Å². The van der Waals surface area contributed by atoms with Crippen LogP contribution in [0.1, 0.15) is 19.8 Å². The Labute approximate surface area is 124 Å². The van der Waals surface area contributed by atoms with Crippen molar-refractivity contribution in [2.45, 2.75) is 24.5 Å². The number of hydrogen-bond donors (Lipinski definition) is 0. The Morgan fingerprint density at radius 1 is 1.19 bits per heavy atom. The standard InChI is InChI=1S/C7H13Cl2GeO.CH3Cl2GeO/c1-3-4-7(10(8)9)5-6-11-2;1-5-4(2)3/h5-7H,3-4H2,1-2H3;1H3/b6-5-;. The summed E-state index contributed by atoms with van der Waals surface area (Å²) in [5, 5.41) is 0. The minimum absolute atomic E-state index is 0.378. The summed E-state index contributed by atoms with van der Waals surface area (Å²) in [6.45, 7) is 2.13. The van der Waals surface area contributed by atoms with E-state index in [1.807, 2.05) is 6.08 Å². The summed E-state index contributed by atoms with van der Waals surface area (Å²) in [6, 6.07) is 0. The van der Waals surface area contributed by atoms with Gasteiger partial charge in [-0.25, -0.2) is 0 Å². The summed E-state index contributed by atoms with van der Waals surface area (Å²) < 4.78 is 9.62. The molecule has 0 aromatic heterocycles. The van der Waals surface area contributed by atoms with Crippen LogP contribution in [0.2, 0.25) is 4.75 Å². The fourth-order valence-corrected chi connectivity index (χ4v) is 4.19. The molecule has 0 aliphatic rings. The predicted molar refractivity (Wildman–Crippen MR) is 76.7 cm³/mol. The number of rotatable bonds is 6. The zero-order valence-corrected chi connectivity index (χ0v) is 16.7. The second kappa shape index (κ2) is 14.8. The van der Waals surface area contributed by atoms with Crippen LogP contribution < -0.4 is 0 Å². The molecule has 0 N–H and O–H groups in total. The molecule has 0 saturated heterocycles. The van der Waals surface area contributed by atoms with E-state index < -0.39 is 25.3 Å². The summed E-state index contributed by atoms with van der Waals surface area (Å²) in [5.74, 6) is 0. The van der Waals surface area contributed by atoms with Gasteiger partial charge in [0.1, 0.15) is 0 Å². The molecule has 1 unspecified atom stereocenters. The Kier molecular flexibility index (Phi) is 18.6. The van der Waals surface area contributed by atoms with E-state index in [9.17, 15) is 0 Å². The topological polar surface area (TPSA) is 18.5 Å². The molecule has 8 heteroatoms. The molecule has 0 saturated carbocycles. The zero-order valence-electron chi connectivity index (χ0n) is 9.47. The Morgan fingerprint density at radius 3 is 1.94 bits per heavy atom. The molecular weight excluding hydrogens is 415 g/mol. The zero-order chi connectivity index (χ0) is 13.0. The number of allylic oxidation sites excluding steroid dienone is 1. The van der Waals surface area contributed by atoms with Crippen molar-refractivity contribution in [1.29, 1.82) is 0 Å². The van der Waals surface area contributed by atoms with E-state index in [0.29, 0.717) is 4.75 Å². The van der Waals surface area contributed by atoms with Crippen molar-refractivity contribution in [2.24, 2.45) is 0 Å². The van der Waals surface area contributed by atoms with Crippen LogP contribution in [0.4, 0.5) is 0 Å². The number of methoxy groups -OCH3 is 1. The van der Waals surface area contributed by atoms with E-state index in [1.54, 1.807) is 13.4 Å². The van der Waals surface area contributed by atoms with E-state index in [1.165, 1.54) is 7.11 Å². The third kappa shape index (κ3) is 15.7. The minimum atomic E-state index is -1.91. The molecular formula is C8H16Cl4Ge2O2.